The molecule has 0 bridgehead atoms. The summed E-state index contributed by atoms with van der Waals surface area (Å²) in [5.41, 5.74) is 4.60. The predicted molar refractivity (Wildman–Crippen MR) is 107 cm³/mol. The molecule has 3 rings (SSSR count). The molecule has 0 N–H and O–H groups in total. The van der Waals surface area contributed by atoms with Gasteiger partial charge in [0.25, 0.3) is 0 Å². The standard InChI is InChI=1S/C23H25N2/c1-23(2,20-11-6-5-7-12-20)22(24-3)15-14-18-16-19-10-8-9-13-21(19)25(4)17-18/h5-17H,1-4H3/q+1/b15-14+,24-22?. The molecule has 0 aliphatic heterocycles. The first-order chi connectivity index (χ1) is 12.0. The van der Waals surface area contributed by atoms with E-state index in [1.54, 1.807) is 0 Å². The Kier molecular flexibility index (Phi) is 4.80. The molecule has 1 heterocycles. The number of aryl methyl sites for hydroxylation is 1. The largest absolute Gasteiger partial charge is 0.292 e. The molecule has 2 heteroatoms. The van der Waals surface area contributed by atoms with Gasteiger partial charge in [-0.25, -0.2) is 4.57 Å². The molecule has 2 aromatic carbocycles. The van der Waals surface area contributed by atoms with Crippen LogP contribution in [0.25, 0.3) is 17.0 Å². The van der Waals surface area contributed by atoms with Crippen LogP contribution in [0.1, 0.15) is 25.0 Å². The molecule has 0 aliphatic rings. The van der Waals surface area contributed by atoms with E-state index >= 15 is 0 Å². The maximum Gasteiger partial charge on any atom is 0.212 e. The lowest BCUT2D eigenvalue weighted by atomic mass is 9.79. The number of nitrogens with zero attached hydrogens (tertiary/aromatic N) is 2. The van der Waals surface area contributed by atoms with Crippen LogP contribution in [0.4, 0.5) is 0 Å². The second kappa shape index (κ2) is 7.02. The zero-order chi connectivity index (χ0) is 17.9. The van der Waals surface area contributed by atoms with Gasteiger partial charge in [0.05, 0.1) is 0 Å². The molecular formula is C23H25N2+. The number of hydrogen-bond acceptors (Lipinski definition) is 1. The molecule has 0 radical (unpaired) electrons. The van der Waals surface area contributed by atoms with Gasteiger partial charge < -0.3 is 0 Å². The first kappa shape index (κ1) is 17.1. The number of aromatic nitrogens is 1. The number of allylic oxidation sites excluding steroid dienone is 1. The molecule has 0 amide bonds. The minimum absolute atomic E-state index is 0.133. The second-order valence-corrected chi connectivity index (χ2v) is 6.88. The van der Waals surface area contributed by atoms with Crippen LogP contribution in [0.15, 0.2) is 77.9 Å². The van der Waals surface area contributed by atoms with Crippen molar-refractivity contribution in [2.45, 2.75) is 19.3 Å². The molecule has 0 saturated heterocycles. The van der Waals surface area contributed by atoms with E-state index in [1.807, 2.05) is 13.1 Å². The average Bonchev–Trinajstić information content (AvgIpc) is 2.63. The molecule has 0 atom stereocenters. The van der Waals surface area contributed by atoms with Gasteiger partial charge in [-0.05, 0) is 29.8 Å². The van der Waals surface area contributed by atoms with Crippen molar-refractivity contribution in [1.29, 1.82) is 0 Å². The highest BCUT2D eigenvalue weighted by atomic mass is 14.9. The zero-order valence-corrected chi connectivity index (χ0v) is 15.4. The lowest BCUT2D eigenvalue weighted by Crippen LogP contribution is -2.29. The normalized spacial score (nSPS) is 12.9. The Hall–Kier alpha value is -2.74. The van der Waals surface area contributed by atoms with E-state index in [1.165, 1.54) is 22.0 Å². The first-order valence-corrected chi connectivity index (χ1v) is 8.61. The van der Waals surface area contributed by atoms with Gasteiger partial charge in [-0.1, -0.05) is 56.3 Å². The van der Waals surface area contributed by atoms with Crippen LogP contribution >= 0.6 is 0 Å². The SMILES string of the molecule is CN=C(/C=C/c1cc2ccccc2[n+](C)c1)C(C)(C)c1ccccc1. The number of benzene rings is 2. The van der Waals surface area contributed by atoms with Crippen molar-refractivity contribution in [3.05, 3.63) is 84.1 Å². The summed E-state index contributed by atoms with van der Waals surface area (Å²) in [6.07, 6.45) is 6.44. The number of fused-ring (bicyclic) bond motifs is 1. The van der Waals surface area contributed by atoms with Crippen LogP contribution in [0.3, 0.4) is 0 Å². The van der Waals surface area contributed by atoms with Crippen LogP contribution in [-0.2, 0) is 12.5 Å². The van der Waals surface area contributed by atoms with Crippen LogP contribution in [0.2, 0.25) is 0 Å². The lowest BCUT2D eigenvalue weighted by Gasteiger charge is -2.25. The van der Waals surface area contributed by atoms with Gasteiger partial charge in [0.2, 0.25) is 5.52 Å². The van der Waals surface area contributed by atoms with E-state index < -0.39 is 0 Å². The van der Waals surface area contributed by atoms with Crippen molar-refractivity contribution in [3.8, 4) is 0 Å². The minimum Gasteiger partial charge on any atom is -0.292 e. The summed E-state index contributed by atoms with van der Waals surface area (Å²) >= 11 is 0. The van der Waals surface area contributed by atoms with Crippen molar-refractivity contribution < 1.29 is 4.57 Å². The maximum atomic E-state index is 4.56. The maximum absolute atomic E-state index is 4.56. The molecule has 126 valence electrons. The van der Waals surface area contributed by atoms with E-state index in [9.17, 15) is 0 Å². The second-order valence-electron chi connectivity index (χ2n) is 6.88. The molecule has 25 heavy (non-hydrogen) atoms. The topological polar surface area (TPSA) is 16.2 Å². The number of hydrogen-bond donors (Lipinski definition) is 0. The highest BCUT2D eigenvalue weighted by Gasteiger charge is 2.24. The predicted octanol–water partition coefficient (Wildman–Crippen LogP) is 4.73. The highest BCUT2D eigenvalue weighted by Crippen LogP contribution is 2.26. The van der Waals surface area contributed by atoms with Crippen LogP contribution in [0, 0.1) is 0 Å². The summed E-state index contributed by atoms with van der Waals surface area (Å²) in [6, 6.07) is 21.2. The third-order valence-electron chi connectivity index (χ3n) is 4.79. The van der Waals surface area contributed by atoms with E-state index in [-0.39, 0.29) is 5.41 Å². The Morgan fingerprint density at radius 3 is 2.40 bits per heavy atom. The van der Waals surface area contributed by atoms with E-state index in [0.29, 0.717) is 0 Å². The Bertz CT molecular complexity index is 935. The first-order valence-electron chi connectivity index (χ1n) is 8.61. The van der Waals surface area contributed by atoms with Gasteiger partial charge in [-0.15, -0.1) is 0 Å². The van der Waals surface area contributed by atoms with Crippen LogP contribution < -0.4 is 4.57 Å². The molecule has 3 aromatic rings. The fourth-order valence-corrected chi connectivity index (χ4v) is 3.27. The van der Waals surface area contributed by atoms with Gasteiger partial charge >= 0.3 is 0 Å². The number of rotatable bonds is 4. The smallest absolute Gasteiger partial charge is 0.212 e. The Morgan fingerprint density at radius 2 is 1.68 bits per heavy atom. The monoisotopic (exact) mass is 329 g/mol. The fraction of sp³-hybridized carbons (Fsp3) is 0.217. The molecule has 0 saturated carbocycles. The molecule has 0 unspecified atom stereocenters. The molecule has 0 aliphatic carbocycles. The average molecular weight is 329 g/mol. The molecule has 1 aromatic heterocycles. The quantitative estimate of drug-likeness (QED) is 0.486. The van der Waals surface area contributed by atoms with Crippen LogP contribution in [-0.4, -0.2) is 12.8 Å². The summed E-state index contributed by atoms with van der Waals surface area (Å²) in [5.74, 6) is 0. The third kappa shape index (κ3) is 3.53. The minimum atomic E-state index is -0.133. The highest BCUT2D eigenvalue weighted by molar-refractivity contribution is 6.05. The van der Waals surface area contributed by atoms with Crippen molar-refractivity contribution in [3.63, 3.8) is 0 Å². The van der Waals surface area contributed by atoms with Gasteiger partial charge in [0.15, 0.2) is 6.20 Å². The summed E-state index contributed by atoms with van der Waals surface area (Å²) in [5, 5.41) is 1.24. The van der Waals surface area contributed by atoms with Gasteiger partial charge in [-0.2, -0.15) is 0 Å². The van der Waals surface area contributed by atoms with Gasteiger partial charge in [-0.3, -0.25) is 4.99 Å². The Morgan fingerprint density at radius 1 is 1.00 bits per heavy atom. The van der Waals surface area contributed by atoms with Crippen molar-refractivity contribution in [2.24, 2.45) is 12.0 Å². The van der Waals surface area contributed by atoms with Gasteiger partial charge in [0, 0.05) is 35.2 Å². The molecule has 0 fully saturated rings. The summed E-state index contributed by atoms with van der Waals surface area (Å²) in [6.45, 7) is 4.44. The Balaban J connectivity index is 1.95. The summed E-state index contributed by atoms with van der Waals surface area (Å²) < 4.78 is 2.17. The van der Waals surface area contributed by atoms with Crippen LogP contribution in [0.5, 0.6) is 0 Å². The third-order valence-corrected chi connectivity index (χ3v) is 4.79. The molecule has 2 nitrogen and oxygen atoms in total. The fourth-order valence-electron chi connectivity index (χ4n) is 3.27. The van der Waals surface area contributed by atoms with E-state index in [2.05, 4.69) is 103 Å². The summed E-state index contributed by atoms with van der Waals surface area (Å²) in [7, 11) is 3.95. The van der Waals surface area contributed by atoms with Crippen molar-refractivity contribution in [2.75, 3.05) is 7.05 Å². The molecular weight excluding hydrogens is 304 g/mol. The number of aliphatic imine (C=N–C) groups is 1. The van der Waals surface area contributed by atoms with E-state index in [4.69, 9.17) is 0 Å². The van der Waals surface area contributed by atoms with Crippen molar-refractivity contribution in [1.82, 2.24) is 0 Å². The van der Waals surface area contributed by atoms with Gasteiger partial charge in [0.1, 0.15) is 7.05 Å². The van der Waals surface area contributed by atoms with E-state index in [0.717, 1.165) is 5.71 Å². The summed E-state index contributed by atoms with van der Waals surface area (Å²) in [4.78, 5) is 4.56. The molecule has 0 spiro atoms. The number of para-hydroxylation sites is 1. The zero-order valence-electron chi connectivity index (χ0n) is 15.4. The lowest BCUT2D eigenvalue weighted by molar-refractivity contribution is -0.645. The Labute approximate surface area is 150 Å². The number of pyridine rings is 1. The van der Waals surface area contributed by atoms with Crippen molar-refractivity contribution >= 4 is 22.7 Å².